The van der Waals surface area contributed by atoms with Gasteiger partial charge in [-0.2, -0.15) is 0 Å². The van der Waals surface area contributed by atoms with Gasteiger partial charge in [-0.3, -0.25) is 4.79 Å². The summed E-state index contributed by atoms with van der Waals surface area (Å²) >= 11 is 6.08. The minimum absolute atomic E-state index is 0.0122. The zero-order chi connectivity index (χ0) is 14.1. The molecule has 0 radical (unpaired) electrons. The van der Waals surface area contributed by atoms with Crippen molar-refractivity contribution < 1.29 is 4.79 Å². The number of hydrogen-bond acceptors (Lipinski definition) is 1. The molecule has 0 spiro atoms. The second kappa shape index (κ2) is 5.33. The second-order valence-corrected chi connectivity index (χ2v) is 5.60. The van der Waals surface area contributed by atoms with Crippen molar-refractivity contribution in [2.75, 3.05) is 6.54 Å². The summed E-state index contributed by atoms with van der Waals surface area (Å²) in [5.41, 5.74) is 5.23. The SMILES string of the molecule is CC(=O)NCCn1ccc2c1-c1ccc(Cl)cc1CC2. The quantitative estimate of drug-likeness (QED) is 0.925. The molecular formula is C16H17ClN2O. The molecule has 1 aromatic heterocycles. The molecule has 0 saturated carbocycles. The van der Waals surface area contributed by atoms with Gasteiger partial charge in [-0.1, -0.05) is 17.7 Å². The molecule has 104 valence electrons. The van der Waals surface area contributed by atoms with E-state index in [9.17, 15) is 4.79 Å². The van der Waals surface area contributed by atoms with Crippen LogP contribution >= 0.6 is 11.6 Å². The predicted molar refractivity (Wildman–Crippen MR) is 81.0 cm³/mol. The van der Waals surface area contributed by atoms with E-state index in [2.05, 4.69) is 34.3 Å². The van der Waals surface area contributed by atoms with Gasteiger partial charge in [0.25, 0.3) is 0 Å². The van der Waals surface area contributed by atoms with Crippen molar-refractivity contribution in [2.45, 2.75) is 26.3 Å². The highest BCUT2D eigenvalue weighted by Crippen LogP contribution is 2.35. The van der Waals surface area contributed by atoms with E-state index < -0.39 is 0 Å². The molecule has 20 heavy (non-hydrogen) atoms. The van der Waals surface area contributed by atoms with Crippen molar-refractivity contribution >= 4 is 17.5 Å². The fourth-order valence-corrected chi connectivity index (χ4v) is 3.05. The highest BCUT2D eigenvalue weighted by molar-refractivity contribution is 6.30. The van der Waals surface area contributed by atoms with E-state index in [1.807, 2.05) is 6.07 Å². The van der Waals surface area contributed by atoms with Gasteiger partial charge in [-0.25, -0.2) is 0 Å². The van der Waals surface area contributed by atoms with Crippen molar-refractivity contribution in [2.24, 2.45) is 0 Å². The number of aryl methyl sites for hydroxylation is 2. The summed E-state index contributed by atoms with van der Waals surface area (Å²) < 4.78 is 2.22. The highest BCUT2D eigenvalue weighted by atomic mass is 35.5. The van der Waals surface area contributed by atoms with Crippen LogP contribution in [0.1, 0.15) is 18.1 Å². The third-order valence-electron chi connectivity index (χ3n) is 3.76. The van der Waals surface area contributed by atoms with Gasteiger partial charge < -0.3 is 9.88 Å². The monoisotopic (exact) mass is 288 g/mol. The Morgan fingerprint density at radius 3 is 2.90 bits per heavy atom. The topological polar surface area (TPSA) is 34.0 Å². The number of halogens is 1. The molecule has 3 rings (SSSR count). The van der Waals surface area contributed by atoms with Crippen LogP contribution in [-0.4, -0.2) is 17.0 Å². The Morgan fingerprint density at radius 2 is 2.10 bits per heavy atom. The largest absolute Gasteiger partial charge is 0.355 e. The first kappa shape index (κ1) is 13.3. The molecular weight excluding hydrogens is 272 g/mol. The molecule has 1 aromatic carbocycles. The third-order valence-corrected chi connectivity index (χ3v) is 3.99. The number of rotatable bonds is 3. The van der Waals surface area contributed by atoms with Crippen LogP contribution < -0.4 is 5.32 Å². The van der Waals surface area contributed by atoms with Crippen LogP contribution in [0.25, 0.3) is 11.3 Å². The number of carbonyl (C=O) groups excluding carboxylic acids is 1. The van der Waals surface area contributed by atoms with E-state index in [0.717, 1.165) is 24.4 Å². The van der Waals surface area contributed by atoms with Gasteiger partial charge in [0.2, 0.25) is 5.91 Å². The summed E-state index contributed by atoms with van der Waals surface area (Å²) in [5.74, 6) is 0.0122. The molecule has 0 atom stereocenters. The Bertz CT molecular complexity index is 660. The Hall–Kier alpha value is -1.74. The molecule has 2 aromatic rings. The lowest BCUT2D eigenvalue weighted by Crippen LogP contribution is -2.24. The van der Waals surface area contributed by atoms with Crippen LogP contribution in [0.5, 0.6) is 0 Å². The van der Waals surface area contributed by atoms with Gasteiger partial charge >= 0.3 is 0 Å². The van der Waals surface area contributed by atoms with E-state index in [4.69, 9.17) is 11.6 Å². The summed E-state index contributed by atoms with van der Waals surface area (Å²) in [6.07, 6.45) is 4.20. The van der Waals surface area contributed by atoms with Gasteiger partial charge in [0.05, 0.1) is 5.69 Å². The molecule has 0 fully saturated rings. The van der Waals surface area contributed by atoms with Gasteiger partial charge in [0.15, 0.2) is 0 Å². The van der Waals surface area contributed by atoms with E-state index in [1.165, 1.54) is 22.4 Å². The van der Waals surface area contributed by atoms with E-state index in [0.29, 0.717) is 6.54 Å². The van der Waals surface area contributed by atoms with Crippen molar-refractivity contribution in [3.05, 3.63) is 46.6 Å². The summed E-state index contributed by atoms with van der Waals surface area (Å²) in [4.78, 5) is 11.0. The molecule has 4 heteroatoms. The standard InChI is InChI=1S/C16H17ClN2O/c1-11(20)18-7-9-19-8-6-12-2-3-13-10-14(17)4-5-15(13)16(12)19/h4-6,8,10H,2-3,7,9H2,1H3,(H,18,20). The summed E-state index contributed by atoms with van der Waals surface area (Å²) in [6, 6.07) is 8.29. The molecule has 3 nitrogen and oxygen atoms in total. The van der Waals surface area contributed by atoms with E-state index >= 15 is 0 Å². The predicted octanol–water partition coefficient (Wildman–Crippen LogP) is 3.04. The Morgan fingerprint density at radius 1 is 1.30 bits per heavy atom. The molecule has 1 N–H and O–H groups in total. The van der Waals surface area contributed by atoms with Crippen molar-refractivity contribution in [3.63, 3.8) is 0 Å². The number of nitrogens with zero attached hydrogens (tertiary/aromatic N) is 1. The van der Waals surface area contributed by atoms with Crippen molar-refractivity contribution in [1.29, 1.82) is 0 Å². The molecule has 0 saturated heterocycles. The number of hydrogen-bond donors (Lipinski definition) is 1. The molecule has 1 aliphatic carbocycles. The van der Waals surface area contributed by atoms with E-state index in [-0.39, 0.29) is 5.91 Å². The highest BCUT2D eigenvalue weighted by Gasteiger charge is 2.19. The van der Waals surface area contributed by atoms with Gasteiger partial charge in [0.1, 0.15) is 0 Å². The van der Waals surface area contributed by atoms with Crippen molar-refractivity contribution in [1.82, 2.24) is 9.88 Å². The first-order valence-corrected chi connectivity index (χ1v) is 7.24. The van der Waals surface area contributed by atoms with Gasteiger partial charge in [-0.15, -0.1) is 0 Å². The smallest absolute Gasteiger partial charge is 0.216 e. The maximum atomic E-state index is 11.0. The Kier molecular flexibility index (Phi) is 3.53. The normalized spacial score (nSPS) is 12.7. The average molecular weight is 289 g/mol. The minimum atomic E-state index is 0.0122. The maximum absolute atomic E-state index is 11.0. The van der Waals surface area contributed by atoms with Crippen LogP contribution in [0.15, 0.2) is 30.5 Å². The lowest BCUT2D eigenvalue weighted by molar-refractivity contribution is -0.118. The second-order valence-electron chi connectivity index (χ2n) is 5.17. The summed E-state index contributed by atoms with van der Waals surface area (Å²) in [6.45, 7) is 2.98. The molecule has 1 heterocycles. The van der Waals surface area contributed by atoms with E-state index in [1.54, 1.807) is 6.92 Å². The number of aromatic nitrogens is 1. The van der Waals surface area contributed by atoms with Gasteiger partial charge in [0, 0.05) is 36.8 Å². The van der Waals surface area contributed by atoms with Crippen molar-refractivity contribution in [3.8, 4) is 11.3 Å². The first-order valence-electron chi connectivity index (χ1n) is 6.86. The van der Waals surface area contributed by atoms with Crippen LogP contribution in [0, 0.1) is 0 Å². The first-order chi connectivity index (χ1) is 9.65. The number of carbonyl (C=O) groups is 1. The van der Waals surface area contributed by atoms with Crippen LogP contribution in [0.2, 0.25) is 5.02 Å². The average Bonchev–Trinajstić information content (AvgIpc) is 2.81. The van der Waals surface area contributed by atoms with Crippen LogP contribution in [0.3, 0.4) is 0 Å². The number of benzene rings is 1. The van der Waals surface area contributed by atoms with Crippen LogP contribution in [0.4, 0.5) is 0 Å². The number of fused-ring (bicyclic) bond motifs is 3. The van der Waals surface area contributed by atoms with Crippen LogP contribution in [-0.2, 0) is 24.2 Å². The Labute approximate surface area is 123 Å². The molecule has 1 aliphatic rings. The zero-order valence-corrected chi connectivity index (χ0v) is 12.2. The fourth-order valence-electron chi connectivity index (χ4n) is 2.86. The lowest BCUT2D eigenvalue weighted by atomic mass is 9.90. The molecule has 0 bridgehead atoms. The number of amides is 1. The Balaban J connectivity index is 1.92. The zero-order valence-electron chi connectivity index (χ0n) is 11.4. The summed E-state index contributed by atoms with van der Waals surface area (Å²) in [5, 5.41) is 3.64. The fraction of sp³-hybridized carbons (Fsp3) is 0.312. The maximum Gasteiger partial charge on any atom is 0.216 e. The summed E-state index contributed by atoms with van der Waals surface area (Å²) in [7, 11) is 0. The number of nitrogens with one attached hydrogen (secondary N) is 1. The molecule has 1 amide bonds. The minimum Gasteiger partial charge on any atom is -0.355 e. The lowest BCUT2D eigenvalue weighted by Gasteiger charge is -2.20. The third kappa shape index (κ3) is 2.46. The molecule has 0 unspecified atom stereocenters. The van der Waals surface area contributed by atoms with Gasteiger partial charge in [-0.05, 0) is 42.2 Å². The molecule has 0 aliphatic heterocycles.